The van der Waals surface area contributed by atoms with E-state index in [9.17, 15) is 4.79 Å². The lowest BCUT2D eigenvalue weighted by Crippen LogP contribution is -2.14. The fraction of sp³-hybridized carbons (Fsp3) is 0.176. The second-order valence-corrected chi connectivity index (χ2v) is 7.55. The average molecular weight is 406 g/mol. The third-order valence-electron chi connectivity index (χ3n) is 3.44. The first-order valence-corrected chi connectivity index (χ1v) is 9.96. The van der Waals surface area contributed by atoms with Crippen LogP contribution in [0.25, 0.3) is 11.3 Å². The van der Waals surface area contributed by atoms with Gasteiger partial charge in [0.25, 0.3) is 0 Å². The number of halogens is 1. The first-order chi connectivity index (χ1) is 12.6. The molecule has 0 unspecified atom stereocenters. The Balaban J connectivity index is 1.59. The molecule has 1 aromatic carbocycles. The van der Waals surface area contributed by atoms with Crippen molar-refractivity contribution in [3.63, 3.8) is 0 Å². The summed E-state index contributed by atoms with van der Waals surface area (Å²) in [6.45, 7) is 6.20. The lowest BCUT2D eigenvalue weighted by atomic mass is 10.2. The van der Waals surface area contributed by atoms with Gasteiger partial charge in [0.1, 0.15) is 5.82 Å². The predicted molar refractivity (Wildman–Crippen MR) is 107 cm³/mol. The highest BCUT2D eigenvalue weighted by molar-refractivity contribution is 7.99. The molecule has 2 heterocycles. The maximum Gasteiger partial charge on any atom is 0.236 e. The number of nitrogens with one attached hydrogen (secondary N) is 1. The number of nitrogens with zero attached hydrogens (tertiary/aromatic N) is 4. The van der Waals surface area contributed by atoms with Crippen molar-refractivity contribution >= 4 is 45.7 Å². The third kappa shape index (κ3) is 4.51. The first kappa shape index (κ1) is 18.6. The van der Waals surface area contributed by atoms with Crippen LogP contribution in [0.4, 0.5) is 5.13 Å². The number of carbonyl (C=O) groups is 1. The highest BCUT2D eigenvalue weighted by Crippen LogP contribution is 2.26. The number of benzene rings is 1. The Morgan fingerprint density at radius 3 is 2.88 bits per heavy atom. The smallest absolute Gasteiger partial charge is 0.236 e. The van der Waals surface area contributed by atoms with Crippen LogP contribution in [0.3, 0.4) is 0 Å². The molecule has 1 amide bonds. The molecule has 9 heteroatoms. The molecule has 0 fully saturated rings. The van der Waals surface area contributed by atoms with Crippen molar-refractivity contribution in [2.75, 3.05) is 11.1 Å². The topological polar surface area (TPSA) is 72.7 Å². The molecule has 6 nitrogen and oxygen atoms in total. The van der Waals surface area contributed by atoms with Crippen molar-refractivity contribution in [2.24, 2.45) is 0 Å². The van der Waals surface area contributed by atoms with Crippen LogP contribution < -0.4 is 5.32 Å². The minimum absolute atomic E-state index is 0.141. The minimum Gasteiger partial charge on any atom is -0.302 e. The van der Waals surface area contributed by atoms with Crippen LogP contribution in [-0.4, -0.2) is 31.4 Å². The number of amides is 1. The van der Waals surface area contributed by atoms with E-state index >= 15 is 0 Å². The summed E-state index contributed by atoms with van der Waals surface area (Å²) in [7, 11) is 0. The SMILES string of the molecule is C=CCn1c(C)nnc1SCC(=O)Nc1nc(-c2ccc(Cl)cc2)cs1. The van der Waals surface area contributed by atoms with Gasteiger partial charge in [-0.15, -0.1) is 28.1 Å². The number of anilines is 1. The summed E-state index contributed by atoms with van der Waals surface area (Å²) < 4.78 is 1.91. The van der Waals surface area contributed by atoms with E-state index in [1.165, 1.54) is 23.1 Å². The van der Waals surface area contributed by atoms with Gasteiger partial charge in [0.2, 0.25) is 5.91 Å². The molecule has 134 valence electrons. The Morgan fingerprint density at radius 2 is 2.15 bits per heavy atom. The number of hydrogen-bond acceptors (Lipinski definition) is 6. The van der Waals surface area contributed by atoms with E-state index in [4.69, 9.17) is 11.6 Å². The van der Waals surface area contributed by atoms with Crippen LogP contribution in [0.2, 0.25) is 5.02 Å². The molecule has 0 saturated carbocycles. The quantitative estimate of drug-likeness (QED) is 0.469. The van der Waals surface area contributed by atoms with Crippen molar-refractivity contribution in [1.82, 2.24) is 19.7 Å². The third-order valence-corrected chi connectivity index (χ3v) is 5.41. The summed E-state index contributed by atoms with van der Waals surface area (Å²) in [4.78, 5) is 16.6. The highest BCUT2D eigenvalue weighted by atomic mass is 35.5. The van der Waals surface area contributed by atoms with Gasteiger partial charge in [0.15, 0.2) is 10.3 Å². The molecule has 0 atom stereocenters. The average Bonchev–Trinajstić information content (AvgIpc) is 3.22. The van der Waals surface area contributed by atoms with Crippen LogP contribution >= 0.6 is 34.7 Å². The Hall–Kier alpha value is -2.16. The maximum atomic E-state index is 12.2. The number of aromatic nitrogens is 4. The molecule has 0 aliphatic rings. The summed E-state index contributed by atoms with van der Waals surface area (Å²) in [5.41, 5.74) is 1.75. The van der Waals surface area contributed by atoms with Gasteiger partial charge in [-0.3, -0.25) is 4.79 Å². The summed E-state index contributed by atoms with van der Waals surface area (Å²) in [6, 6.07) is 7.42. The lowest BCUT2D eigenvalue weighted by Gasteiger charge is -2.05. The number of hydrogen-bond donors (Lipinski definition) is 1. The second kappa shape index (κ2) is 8.48. The van der Waals surface area contributed by atoms with E-state index in [1.54, 1.807) is 6.08 Å². The number of aryl methyl sites for hydroxylation is 1. The van der Waals surface area contributed by atoms with Crippen LogP contribution in [0.15, 0.2) is 47.5 Å². The molecule has 0 aliphatic heterocycles. The van der Waals surface area contributed by atoms with Crippen LogP contribution in [-0.2, 0) is 11.3 Å². The van der Waals surface area contributed by atoms with E-state index in [2.05, 4.69) is 27.1 Å². The summed E-state index contributed by atoms with van der Waals surface area (Å²) in [6.07, 6.45) is 1.77. The lowest BCUT2D eigenvalue weighted by molar-refractivity contribution is -0.113. The molecule has 0 bridgehead atoms. The number of thioether (sulfide) groups is 1. The number of rotatable bonds is 7. The molecule has 26 heavy (non-hydrogen) atoms. The van der Waals surface area contributed by atoms with E-state index in [0.717, 1.165) is 17.1 Å². The monoisotopic (exact) mass is 405 g/mol. The van der Waals surface area contributed by atoms with Gasteiger partial charge in [-0.25, -0.2) is 4.98 Å². The molecule has 0 saturated heterocycles. The largest absolute Gasteiger partial charge is 0.302 e. The minimum atomic E-state index is -0.141. The zero-order valence-electron chi connectivity index (χ0n) is 14.0. The van der Waals surface area contributed by atoms with Crippen molar-refractivity contribution in [1.29, 1.82) is 0 Å². The normalized spacial score (nSPS) is 10.7. The van der Waals surface area contributed by atoms with Gasteiger partial charge < -0.3 is 9.88 Å². The zero-order valence-corrected chi connectivity index (χ0v) is 16.4. The predicted octanol–water partition coefficient (Wildman–Crippen LogP) is 4.28. The van der Waals surface area contributed by atoms with Crippen molar-refractivity contribution in [2.45, 2.75) is 18.6 Å². The molecular formula is C17H16ClN5OS2. The summed E-state index contributed by atoms with van der Waals surface area (Å²) in [5.74, 6) is 0.878. The Labute approximate surface area is 164 Å². The standard InChI is InChI=1S/C17H16ClN5OS2/c1-3-8-23-11(2)21-22-17(23)26-10-15(24)20-16-19-14(9-25-16)12-4-6-13(18)7-5-12/h3-7,9H,1,8,10H2,2H3,(H,19,20,24). The van der Waals surface area contributed by atoms with Gasteiger partial charge >= 0.3 is 0 Å². The van der Waals surface area contributed by atoms with Crippen LogP contribution in [0, 0.1) is 6.92 Å². The van der Waals surface area contributed by atoms with E-state index in [0.29, 0.717) is 21.9 Å². The Bertz CT molecular complexity index is 920. The molecule has 0 aliphatic carbocycles. The second-order valence-electron chi connectivity index (χ2n) is 5.31. The first-order valence-electron chi connectivity index (χ1n) is 7.71. The van der Waals surface area contributed by atoms with Gasteiger partial charge in [-0.1, -0.05) is 41.6 Å². The fourth-order valence-corrected chi connectivity index (χ4v) is 3.83. The molecular weight excluding hydrogens is 390 g/mol. The Kier molecular flexibility index (Phi) is 6.08. The molecule has 0 spiro atoms. The molecule has 1 N–H and O–H groups in total. The van der Waals surface area contributed by atoms with Gasteiger partial charge in [-0.05, 0) is 19.1 Å². The maximum absolute atomic E-state index is 12.2. The van der Waals surface area contributed by atoms with Gasteiger partial charge in [-0.2, -0.15) is 0 Å². The van der Waals surface area contributed by atoms with Gasteiger partial charge in [0, 0.05) is 22.5 Å². The molecule has 3 aromatic rings. The zero-order chi connectivity index (χ0) is 18.5. The van der Waals surface area contributed by atoms with Crippen molar-refractivity contribution in [3.8, 4) is 11.3 Å². The summed E-state index contributed by atoms with van der Waals surface area (Å²) in [5, 5.41) is 14.8. The van der Waals surface area contributed by atoms with Crippen LogP contribution in [0.1, 0.15) is 5.82 Å². The molecule has 3 rings (SSSR count). The fourth-order valence-electron chi connectivity index (χ4n) is 2.18. The molecule has 0 radical (unpaired) electrons. The van der Waals surface area contributed by atoms with Crippen molar-refractivity contribution < 1.29 is 4.79 Å². The van der Waals surface area contributed by atoms with Crippen LogP contribution in [0.5, 0.6) is 0 Å². The number of allylic oxidation sites excluding steroid dienone is 1. The molecule has 2 aromatic heterocycles. The van der Waals surface area contributed by atoms with E-state index in [-0.39, 0.29) is 11.7 Å². The van der Waals surface area contributed by atoms with E-state index in [1.807, 2.05) is 41.1 Å². The Morgan fingerprint density at radius 1 is 1.38 bits per heavy atom. The van der Waals surface area contributed by atoms with Crippen molar-refractivity contribution in [3.05, 3.63) is 53.1 Å². The van der Waals surface area contributed by atoms with E-state index < -0.39 is 0 Å². The highest BCUT2D eigenvalue weighted by Gasteiger charge is 2.12. The summed E-state index contributed by atoms with van der Waals surface area (Å²) >= 11 is 8.61. The van der Waals surface area contributed by atoms with Gasteiger partial charge in [0.05, 0.1) is 11.4 Å². The number of thiazole rings is 1. The number of carbonyl (C=O) groups excluding carboxylic acids is 1.